The fourth-order valence-corrected chi connectivity index (χ4v) is 5.32. The molecule has 0 fully saturated rings. The second-order valence-electron chi connectivity index (χ2n) is 7.43. The molecule has 0 bridgehead atoms. The smallest absolute Gasteiger partial charge is 0.150 e. The molecule has 1 aliphatic carbocycles. The van der Waals surface area contributed by atoms with Crippen molar-refractivity contribution in [2.45, 2.75) is 51.0 Å². The van der Waals surface area contributed by atoms with Crippen LogP contribution in [0, 0.1) is 0 Å². The van der Waals surface area contributed by atoms with Crippen LogP contribution in [-0.2, 0) is 29.1 Å². The van der Waals surface area contributed by atoms with E-state index in [4.69, 9.17) is 5.73 Å². The van der Waals surface area contributed by atoms with Gasteiger partial charge in [-0.3, -0.25) is 0 Å². The van der Waals surface area contributed by atoms with E-state index in [0.717, 1.165) is 24.8 Å². The first-order valence-corrected chi connectivity index (χ1v) is 11.4. The average Bonchev–Trinajstić information content (AvgIpc) is 2.63. The summed E-state index contributed by atoms with van der Waals surface area (Å²) in [5.74, 6) is 0.808. The molecule has 2 aromatic carbocycles. The number of hydrogen-bond donors (Lipinski definition) is 1. The van der Waals surface area contributed by atoms with Gasteiger partial charge in [0.2, 0.25) is 0 Å². The molecular weight excluding hydrogens is 378 g/mol. The van der Waals surface area contributed by atoms with E-state index in [1.165, 1.54) is 16.7 Å². The van der Waals surface area contributed by atoms with Crippen molar-refractivity contribution in [2.24, 2.45) is 5.73 Å². The molecule has 3 nitrogen and oxygen atoms in total. The first kappa shape index (κ1) is 21.9. The predicted molar refractivity (Wildman–Crippen MR) is 116 cm³/mol. The van der Waals surface area contributed by atoms with E-state index in [1.54, 1.807) is 0 Å². The van der Waals surface area contributed by atoms with Crippen molar-refractivity contribution in [1.82, 2.24) is 0 Å². The van der Waals surface area contributed by atoms with E-state index in [9.17, 15) is 8.42 Å². The molecule has 0 saturated carbocycles. The summed E-state index contributed by atoms with van der Waals surface area (Å²) in [6.07, 6.45) is 4.22. The van der Waals surface area contributed by atoms with Gasteiger partial charge in [-0.15, -0.1) is 12.4 Å². The summed E-state index contributed by atoms with van der Waals surface area (Å²) in [4.78, 5) is 0. The van der Waals surface area contributed by atoms with E-state index in [0.29, 0.717) is 18.8 Å². The third-order valence-corrected chi connectivity index (χ3v) is 7.25. The molecule has 0 saturated heterocycles. The lowest BCUT2D eigenvalue weighted by molar-refractivity contribution is 0.467. The van der Waals surface area contributed by atoms with E-state index in [2.05, 4.69) is 42.5 Å². The van der Waals surface area contributed by atoms with Gasteiger partial charge in [0.25, 0.3) is 0 Å². The molecule has 3 rings (SSSR count). The van der Waals surface area contributed by atoms with Crippen LogP contribution in [0.1, 0.15) is 47.9 Å². The van der Waals surface area contributed by atoms with Crippen LogP contribution in [0.3, 0.4) is 0 Å². The Morgan fingerprint density at radius 3 is 2.48 bits per heavy atom. The number of aryl methyl sites for hydroxylation is 2. The minimum Gasteiger partial charge on any atom is -0.327 e. The number of hydrogen-bond acceptors (Lipinski definition) is 3. The van der Waals surface area contributed by atoms with Gasteiger partial charge in [0.15, 0.2) is 9.84 Å². The van der Waals surface area contributed by atoms with E-state index in [1.807, 2.05) is 13.0 Å². The van der Waals surface area contributed by atoms with Crippen molar-refractivity contribution in [2.75, 3.05) is 11.5 Å². The first-order chi connectivity index (χ1) is 12.5. The Morgan fingerprint density at radius 1 is 1.04 bits per heavy atom. The molecule has 0 heterocycles. The first-order valence-electron chi connectivity index (χ1n) is 9.60. The lowest BCUT2D eigenvalue weighted by atomic mass is 9.76. The molecule has 0 spiro atoms. The molecule has 27 heavy (non-hydrogen) atoms. The third kappa shape index (κ3) is 5.81. The molecule has 1 aliphatic rings. The molecular formula is C22H30ClNO2S. The zero-order valence-electron chi connectivity index (χ0n) is 15.9. The van der Waals surface area contributed by atoms with Crippen LogP contribution in [0.2, 0.25) is 0 Å². The highest BCUT2D eigenvalue weighted by Crippen LogP contribution is 2.34. The normalized spacial score (nSPS) is 19.2. The largest absolute Gasteiger partial charge is 0.327 e. The molecule has 148 valence electrons. The number of rotatable bonds is 7. The van der Waals surface area contributed by atoms with Crippen LogP contribution < -0.4 is 5.73 Å². The number of halogens is 1. The van der Waals surface area contributed by atoms with Gasteiger partial charge in [0.05, 0.1) is 5.75 Å². The summed E-state index contributed by atoms with van der Waals surface area (Å²) in [6.45, 7) is 1.91. The zero-order valence-corrected chi connectivity index (χ0v) is 17.6. The summed E-state index contributed by atoms with van der Waals surface area (Å²) in [6, 6.07) is 17.1. The average molecular weight is 408 g/mol. The van der Waals surface area contributed by atoms with Gasteiger partial charge in [-0.2, -0.15) is 0 Å². The van der Waals surface area contributed by atoms with Crippen LogP contribution in [0.5, 0.6) is 0 Å². The lowest BCUT2D eigenvalue weighted by Crippen LogP contribution is -2.34. The summed E-state index contributed by atoms with van der Waals surface area (Å²) in [5.41, 5.74) is 11.6. The highest BCUT2D eigenvalue weighted by atomic mass is 35.5. The van der Waals surface area contributed by atoms with E-state index in [-0.39, 0.29) is 30.0 Å². The number of fused-ring (bicyclic) bond motifs is 1. The van der Waals surface area contributed by atoms with Crippen LogP contribution in [0.15, 0.2) is 48.5 Å². The van der Waals surface area contributed by atoms with Gasteiger partial charge in [-0.05, 0) is 54.4 Å². The Hall–Kier alpha value is -1.36. The van der Waals surface area contributed by atoms with Gasteiger partial charge >= 0.3 is 0 Å². The minimum absolute atomic E-state index is 0. The lowest BCUT2D eigenvalue weighted by Gasteiger charge is -2.32. The van der Waals surface area contributed by atoms with Crippen molar-refractivity contribution in [3.05, 3.63) is 70.8 Å². The highest BCUT2D eigenvalue weighted by Gasteiger charge is 2.27. The SMILES string of the molecule is CCCS(=O)(=O)CCc1ccc2c(c1)C(Cc1ccccc1)C(N)CC2.Cl. The maximum absolute atomic E-state index is 12.0. The van der Waals surface area contributed by atoms with Crippen molar-refractivity contribution >= 4 is 22.2 Å². The molecule has 5 heteroatoms. The Balaban J connectivity index is 0.00000261. The number of sulfone groups is 1. The number of nitrogens with two attached hydrogens (primary N) is 1. The van der Waals surface area contributed by atoms with Crippen molar-refractivity contribution < 1.29 is 8.42 Å². The van der Waals surface area contributed by atoms with Crippen molar-refractivity contribution in [3.63, 3.8) is 0 Å². The Kier molecular flexibility index (Phi) is 7.90. The van der Waals surface area contributed by atoms with Gasteiger partial charge in [0.1, 0.15) is 0 Å². The molecule has 2 aromatic rings. The van der Waals surface area contributed by atoms with E-state index < -0.39 is 9.84 Å². The van der Waals surface area contributed by atoms with Crippen LogP contribution in [0.25, 0.3) is 0 Å². The van der Waals surface area contributed by atoms with Gasteiger partial charge < -0.3 is 5.73 Å². The molecule has 2 unspecified atom stereocenters. The summed E-state index contributed by atoms with van der Waals surface area (Å²) >= 11 is 0. The minimum atomic E-state index is -2.95. The van der Waals surface area contributed by atoms with Crippen LogP contribution in [-0.4, -0.2) is 26.0 Å². The maximum atomic E-state index is 12.0. The standard InChI is InChI=1S/C22H29NO2S.ClH/c1-2-13-26(24,25)14-12-18-8-9-19-10-11-22(23)21(20(19)15-18)16-17-6-4-3-5-7-17;/h3-9,15,21-22H,2,10-14,16,23H2,1H3;1H. The van der Waals surface area contributed by atoms with Crippen molar-refractivity contribution in [3.8, 4) is 0 Å². The monoisotopic (exact) mass is 407 g/mol. The summed E-state index contributed by atoms with van der Waals surface area (Å²) < 4.78 is 24.1. The molecule has 0 radical (unpaired) electrons. The molecule has 0 amide bonds. The Labute approximate surface area is 169 Å². The van der Waals surface area contributed by atoms with E-state index >= 15 is 0 Å². The molecule has 2 atom stereocenters. The fourth-order valence-electron chi connectivity index (χ4n) is 3.94. The predicted octanol–water partition coefficient (Wildman–Crippen LogP) is 4.08. The maximum Gasteiger partial charge on any atom is 0.150 e. The summed E-state index contributed by atoms with van der Waals surface area (Å²) in [7, 11) is -2.95. The quantitative estimate of drug-likeness (QED) is 0.752. The van der Waals surface area contributed by atoms with Gasteiger partial charge in [0, 0.05) is 17.7 Å². The Morgan fingerprint density at radius 2 is 1.78 bits per heavy atom. The van der Waals surface area contributed by atoms with Gasteiger partial charge in [-0.1, -0.05) is 55.5 Å². The summed E-state index contributed by atoms with van der Waals surface area (Å²) in [5, 5.41) is 0. The highest BCUT2D eigenvalue weighted by molar-refractivity contribution is 7.91. The second kappa shape index (κ2) is 9.72. The van der Waals surface area contributed by atoms with Crippen molar-refractivity contribution in [1.29, 1.82) is 0 Å². The topological polar surface area (TPSA) is 60.2 Å². The number of benzene rings is 2. The molecule has 0 aliphatic heterocycles. The van der Waals surface area contributed by atoms with Crippen LogP contribution >= 0.6 is 12.4 Å². The third-order valence-electron chi connectivity index (χ3n) is 5.39. The van der Waals surface area contributed by atoms with Crippen LogP contribution in [0.4, 0.5) is 0 Å². The fraction of sp³-hybridized carbons (Fsp3) is 0.455. The zero-order chi connectivity index (χ0) is 18.6. The second-order valence-corrected chi connectivity index (χ2v) is 9.74. The molecule has 2 N–H and O–H groups in total. The molecule has 0 aromatic heterocycles. The van der Waals surface area contributed by atoms with Gasteiger partial charge in [-0.25, -0.2) is 8.42 Å². The Bertz CT molecular complexity index is 837.